The number of carbonyl (C=O) groups is 1. The molecular formula is C15H11BrCl2N2O2. The van der Waals surface area contributed by atoms with Crippen molar-refractivity contribution in [2.24, 2.45) is 5.10 Å². The molecule has 1 N–H and O–H groups in total. The number of hydrogen-bond donors (Lipinski definition) is 1. The lowest BCUT2D eigenvalue weighted by molar-refractivity contribution is -0.123. The van der Waals surface area contributed by atoms with Gasteiger partial charge in [-0.2, -0.15) is 5.10 Å². The predicted octanol–water partition coefficient (Wildman–Crippen LogP) is 4.29. The molecule has 0 aliphatic carbocycles. The third kappa shape index (κ3) is 5.33. The van der Waals surface area contributed by atoms with Gasteiger partial charge in [0, 0.05) is 15.1 Å². The summed E-state index contributed by atoms with van der Waals surface area (Å²) in [6.07, 6.45) is 1.44. The fraction of sp³-hybridized carbons (Fsp3) is 0.0667. The summed E-state index contributed by atoms with van der Waals surface area (Å²) in [7, 11) is 0. The number of rotatable bonds is 5. The van der Waals surface area contributed by atoms with Crippen LogP contribution in [0, 0.1) is 0 Å². The van der Waals surface area contributed by atoms with Crippen LogP contribution in [-0.4, -0.2) is 18.7 Å². The lowest BCUT2D eigenvalue weighted by atomic mass is 10.2. The molecule has 1 amide bonds. The van der Waals surface area contributed by atoms with Crippen LogP contribution in [0.3, 0.4) is 0 Å². The Labute approximate surface area is 146 Å². The van der Waals surface area contributed by atoms with Crippen LogP contribution in [0.4, 0.5) is 0 Å². The zero-order chi connectivity index (χ0) is 15.9. The maximum Gasteiger partial charge on any atom is 0.277 e. The van der Waals surface area contributed by atoms with E-state index in [0.29, 0.717) is 21.4 Å². The van der Waals surface area contributed by atoms with E-state index in [0.717, 1.165) is 4.47 Å². The molecular weight excluding hydrogens is 391 g/mol. The Kier molecular flexibility index (Phi) is 6.24. The van der Waals surface area contributed by atoms with Gasteiger partial charge in [-0.15, -0.1) is 0 Å². The largest absolute Gasteiger partial charge is 0.484 e. The summed E-state index contributed by atoms with van der Waals surface area (Å²) in [6.45, 7) is -0.137. The maximum absolute atomic E-state index is 11.6. The van der Waals surface area contributed by atoms with Gasteiger partial charge >= 0.3 is 0 Å². The highest BCUT2D eigenvalue weighted by Crippen LogP contribution is 2.19. The number of hydrazone groups is 1. The van der Waals surface area contributed by atoms with Crippen molar-refractivity contribution in [3.63, 3.8) is 0 Å². The Morgan fingerprint density at radius 2 is 2.09 bits per heavy atom. The molecule has 0 heterocycles. The Morgan fingerprint density at radius 1 is 1.27 bits per heavy atom. The van der Waals surface area contributed by atoms with Crippen molar-refractivity contribution in [3.05, 3.63) is 62.5 Å². The maximum atomic E-state index is 11.6. The second kappa shape index (κ2) is 8.17. The van der Waals surface area contributed by atoms with E-state index < -0.39 is 0 Å². The van der Waals surface area contributed by atoms with E-state index in [1.54, 1.807) is 30.3 Å². The van der Waals surface area contributed by atoms with E-state index in [9.17, 15) is 4.79 Å². The van der Waals surface area contributed by atoms with E-state index in [1.165, 1.54) is 6.21 Å². The Hall–Kier alpha value is -1.56. The number of ether oxygens (including phenoxy) is 1. The SMILES string of the molecule is O=C(COc1cccc(Br)c1)NN=Cc1ccc(Cl)cc1Cl. The van der Waals surface area contributed by atoms with Gasteiger partial charge in [0.05, 0.1) is 11.2 Å². The van der Waals surface area contributed by atoms with Crippen molar-refractivity contribution in [2.75, 3.05) is 6.61 Å². The van der Waals surface area contributed by atoms with E-state index in [2.05, 4.69) is 26.5 Å². The standard InChI is InChI=1S/C15H11BrCl2N2O2/c16-11-2-1-3-13(6-11)22-9-15(21)20-19-8-10-4-5-12(17)7-14(10)18/h1-8H,9H2,(H,20,21). The Bertz CT molecular complexity index is 708. The molecule has 114 valence electrons. The average Bonchev–Trinajstić information content (AvgIpc) is 2.47. The van der Waals surface area contributed by atoms with Crippen molar-refractivity contribution in [3.8, 4) is 5.75 Å². The van der Waals surface area contributed by atoms with Crippen molar-refractivity contribution in [1.82, 2.24) is 5.43 Å². The second-order valence-electron chi connectivity index (χ2n) is 4.21. The first-order chi connectivity index (χ1) is 10.5. The van der Waals surface area contributed by atoms with Gasteiger partial charge in [0.25, 0.3) is 5.91 Å². The highest BCUT2D eigenvalue weighted by atomic mass is 79.9. The minimum absolute atomic E-state index is 0.137. The van der Waals surface area contributed by atoms with Gasteiger partial charge in [0.2, 0.25) is 0 Å². The minimum atomic E-state index is -0.374. The van der Waals surface area contributed by atoms with Crippen LogP contribution in [-0.2, 0) is 4.79 Å². The topological polar surface area (TPSA) is 50.7 Å². The molecule has 2 aromatic rings. The predicted molar refractivity (Wildman–Crippen MR) is 91.8 cm³/mol. The zero-order valence-electron chi connectivity index (χ0n) is 11.2. The molecule has 0 saturated carbocycles. The summed E-state index contributed by atoms with van der Waals surface area (Å²) in [5.74, 6) is 0.218. The van der Waals surface area contributed by atoms with E-state index in [1.807, 2.05) is 12.1 Å². The molecule has 0 spiro atoms. The molecule has 22 heavy (non-hydrogen) atoms. The monoisotopic (exact) mass is 400 g/mol. The molecule has 2 aromatic carbocycles. The number of halogens is 3. The summed E-state index contributed by atoms with van der Waals surface area (Å²) >= 11 is 15.1. The molecule has 0 aliphatic heterocycles. The van der Waals surface area contributed by atoms with Gasteiger partial charge in [-0.25, -0.2) is 5.43 Å². The number of hydrogen-bond acceptors (Lipinski definition) is 3. The summed E-state index contributed by atoms with van der Waals surface area (Å²) < 4.78 is 6.21. The van der Waals surface area contributed by atoms with Crippen molar-refractivity contribution in [2.45, 2.75) is 0 Å². The van der Waals surface area contributed by atoms with Crippen LogP contribution in [0.15, 0.2) is 52.0 Å². The fourth-order valence-electron chi connectivity index (χ4n) is 1.52. The molecule has 0 aliphatic rings. The third-order valence-electron chi connectivity index (χ3n) is 2.52. The molecule has 0 radical (unpaired) electrons. The van der Waals surface area contributed by atoms with Crippen molar-refractivity contribution in [1.29, 1.82) is 0 Å². The van der Waals surface area contributed by atoms with Crippen LogP contribution >= 0.6 is 39.1 Å². The number of nitrogens with one attached hydrogen (secondary N) is 1. The van der Waals surface area contributed by atoms with Crippen LogP contribution in [0.1, 0.15) is 5.56 Å². The van der Waals surface area contributed by atoms with Gasteiger partial charge < -0.3 is 4.74 Å². The first-order valence-corrected chi connectivity index (χ1v) is 7.75. The summed E-state index contributed by atoms with van der Waals surface area (Å²) in [4.78, 5) is 11.6. The summed E-state index contributed by atoms with van der Waals surface area (Å²) in [6, 6.07) is 12.2. The summed E-state index contributed by atoms with van der Waals surface area (Å²) in [5.41, 5.74) is 3.01. The fourth-order valence-corrected chi connectivity index (χ4v) is 2.35. The Morgan fingerprint density at radius 3 is 2.82 bits per heavy atom. The van der Waals surface area contributed by atoms with Gasteiger partial charge in [-0.05, 0) is 30.3 Å². The van der Waals surface area contributed by atoms with Gasteiger partial charge in [-0.3, -0.25) is 4.79 Å². The van der Waals surface area contributed by atoms with Crippen LogP contribution in [0.25, 0.3) is 0 Å². The lowest BCUT2D eigenvalue weighted by Crippen LogP contribution is -2.24. The second-order valence-corrected chi connectivity index (χ2v) is 5.96. The number of nitrogens with zero attached hydrogens (tertiary/aromatic N) is 1. The highest BCUT2D eigenvalue weighted by Gasteiger charge is 2.02. The molecule has 0 unspecified atom stereocenters. The molecule has 0 aromatic heterocycles. The van der Waals surface area contributed by atoms with Crippen LogP contribution < -0.4 is 10.2 Å². The van der Waals surface area contributed by atoms with Crippen molar-refractivity contribution >= 4 is 51.3 Å². The first kappa shape index (κ1) is 16.8. The molecule has 0 atom stereocenters. The van der Waals surface area contributed by atoms with Crippen molar-refractivity contribution < 1.29 is 9.53 Å². The number of carbonyl (C=O) groups excluding carboxylic acids is 1. The molecule has 2 rings (SSSR count). The number of amides is 1. The normalized spacial score (nSPS) is 10.7. The third-order valence-corrected chi connectivity index (χ3v) is 3.58. The molecule has 7 heteroatoms. The van der Waals surface area contributed by atoms with Gasteiger partial charge in [-0.1, -0.05) is 51.3 Å². The molecule has 0 bridgehead atoms. The molecule has 0 fully saturated rings. The quantitative estimate of drug-likeness (QED) is 0.600. The van der Waals surface area contributed by atoms with Crippen LogP contribution in [0.5, 0.6) is 5.75 Å². The van der Waals surface area contributed by atoms with E-state index in [4.69, 9.17) is 27.9 Å². The summed E-state index contributed by atoms with van der Waals surface area (Å²) in [5, 5.41) is 4.81. The highest BCUT2D eigenvalue weighted by molar-refractivity contribution is 9.10. The number of benzene rings is 2. The van der Waals surface area contributed by atoms with Crippen LogP contribution in [0.2, 0.25) is 10.0 Å². The average molecular weight is 402 g/mol. The first-order valence-electron chi connectivity index (χ1n) is 6.20. The Balaban J connectivity index is 1.83. The lowest BCUT2D eigenvalue weighted by Gasteiger charge is -2.05. The molecule has 0 saturated heterocycles. The zero-order valence-corrected chi connectivity index (χ0v) is 14.3. The van der Waals surface area contributed by atoms with E-state index >= 15 is 0 Å². The van der Waals surface area contributed by atoms with Gasteiger partial charge in [0.1, 0.15) is 5.75 Å². The van der Waals surface area contributed by atoms with Gasteiger partial charge in [0.15, 0.2) is 6.61 Å². The van der Waals surface area contributed by atoms with E-state index in [-0.39, 0.29) is 12.5 Å². The minimum Gasteiger partial charge on any atom is -0.484 e. The molecule has 4 nitrogen and oxygen atoms in total. The smallest absolute Gasteiger partial charge is 0.277 e.